The van der Waals surface area contributed by atoms with Crippen molar-refractivity contribution in [2.24, 2.45) is 5.92 Å². The molecule has 3 nitrogen and oxygen atoms in total. The molecule has 1 aromatic heterocycles. The molecule has 0 aromatic carbocycles. The van der Waals surface area contributed by atoms with Gasteiger partial charge in [-0.25, -0.2) is 0 Å². The fourth-order valence-corrected chi connectivity index (χ4v) is 4.50. The van der Waals surface area contributed by atoms with Gasteiger partial charge in [-0.3, -0.25) is 4.79 Å². The number of likely N-dealkylation sites (tertiary alicyclic amines) is 1. The molecule has 2 heterocycles. The Bertz CT molecular complexity index is 529. The minimum Gasteiger partial charge on any atom is -0.335 e. The van der Waals surface area contributed by atoms with E-state index in [1.807, 2.05) is 11.4 Å². The summed E-state index contributed by atoms with van der Waals surface area (Å²) < 4.78 is 0. The molecule has 0 unspecified atom stereocenters. The number of carbonyl (C=O) groups excluding carboxylic acids is 1. The van der Waals surface area contributed by atoms with Crippen LogP contribution >= 0.6 is 11.3 Å². The maximum atomic E-state index is 12.7. The number of rotatable bonds is 2. The van der Waals surface area contributed by atoms with Crippen LogP contribution in [-0.2, 0) is 6.42 Å². The zero-order valence-electron chi connectivity index (χ0n) is 11.7. The third-order valence-corrected chi connectivity index (χ3v) is 5.59. The Hall–Kier alpha value is -1.34. The van der Waals surface area contributed by atoms with Crippen LogP contribution in [0.25, 0.3) is 0 Å². The third-order valence-electron chi connectivity index (χ3n) is 4.66. The molecule has 4 heteroatoms. The summed E-state index contributed by atoms with van der Waals surface area (Å²) in [7, 11) is 0. The molecule has 1 aromatic rings. The van der Waals surface area contributed by atoms with Gasteiger partial charge in [-0.15, -0.1) is 11.3 Å². The highest BCUT2D eigenvalue weighted by molar-refractivity contribution is 7.10. The van der Waals surface area contributed by atoms with Gasteiger partial charge in [0.05, 0.1) is 18.1 Å². The zero-order chi connectivity index (χ0) is 13.9. The van der Waals surface area contributed by atoms with Crippen LogP contribution in [0.4, 0.5) is 0 Å². The summed E-state index contributed by atoms with van der Waals surface area (Å²) in [5.74, 6) is 0.903. The minimum absolute atomic E-state index is 0.182. The average Bonchev–Trinajstić information content (AvgIpc) is 2.95. The lowest BCUT2D eigenvalue weighted by Gasteiger charge is -2.44. The number of piperidine rings is 1. The zero-order valence-corrected chi connectivity index (χ0v) is 12.5. The predicted molar refractivity (Wildman–Crippen MR) is 79.7 cm³/mol. The maximum absolute atomic E-state index is 12.7. The smallest absolute Gasteiger partial charge is 0.254 e. The van der Waals surface area contributed by atoms with E-state index in [9.17, 15) is 4.79 Å². The SMILES string of the molecule is N#CCc1cc(C(=O)N2CCC[C@@H]3CCCC[C@@H]32)cs1. The van der Waals surface area contributed by atoms with Gasteiger partial charge in [0.25, 0.3) is 5.91 Å². The van der Waals surface area contributed by atoms with Gasteiger partial charge in [0.2, 0.25) is 0 Å². The normalized spacial score (nSPS) is 25.9. The Kier molecular flexibility index (Phi) is 4.07. The number of fused-ring (bicyclic) bond motifs is 1. The molecule has 106 valence electrons. The van der Waals surface area contributed by atoms with Crippen LogP contribution in [0, 0.1) is 17.2 Å². The van der Waals surface area contributed by atoms with E-state index in [0.29, 0.717) is 12.5 Å². The van der Waals surface area contributed by atoms with Gasteiger partial charge >= 0.3 is 0 Å². The van der Waals surface area contributed by atoms with Gasteiger partial charge in [-0.05, 0) is 37.7 Å². The Morgan fingerprint density at radius 2 is 2.15 bits per heavy atom. The Labute approximate surface area is 124 Å². The molecule has 2 fully saturated rings. The van der Waals surface area contributed by atoms with E-state index in [2.05, 4.69) is 11.0 Å². The topological polar surface area (TPSA) is 44.1 Å². The van der Waals surface area contributed by atoms with Crippen molar-refractivity contribution < 1.29 is 4.79 Å². The van der Waals surface area contributed by atoms with Crippen molar-refractivity contribution in [1.29, 1.82) is 5.26 Å². The van der Waals surface area contributed by atoms with Crippen molar-refractivity contribution in [1.82, 2.24) is 4.90 Å². The number of carbonyl (C=O) groups is 1. The van der Waals surface area contributed by atoms with Gasteiger partial charge in [0, 0.05) is 22.8 Å². The molecule has 1 amide bonds. The van der Waals surface area contributed by atoms with Crippen molar-refractivity contribution in [2.45, 2.75) is 51.0 Å². The van der Waals surface area contributed by atoms with E-state index in [1.54, 1.807) is 0 Å². The molecule has 1 aliphatic carbocycles. The number of amides is 1. The predicted octanol–water partition coefficient (Wildman–Crippen LogP) is 3.61. The lowest BCUT2D eigenvalue weighted by Crippen LogP contribution is -2.49. The first-order valence-electron chi connectivity index (χ1n) is 7.55. The number of hydrogen-bond donors (Lipinski definition) is 0. The second-order valence-electron chi connectivity index (χ2n) is 5.89. The van der Waals surface area contributed by atoms with Crippen LogP contribution in [0.3, 0.4) is 0 Å². The minimum atomic E-state index is 0.182. The van der Waals surface area contributed by atoms with E-state index in [4.69, 9.17) is 5.26 Å². The van der Waals surface area contributed by atoms with Gasteiger partial charge in [0.1, 0.15) is 0 Å². The Morgan fingerprint density at radius 3 is 3.00 bits per heavy atom. The molecule has 0 bridgehead atoms. The molecule has 0 radical (unpaired) electrons. The van der Waals surface area contributed by atoms with Crippen molar-refractivity contribution in [3.63, 3.8) is 0 Å². The van der Waals surface area contributed by atoms with Crippen molar-refractivity contribution in [3.8, 4) is 6.07 Å². The Morgan fingerprint density at radius 1 is 1.35 bits per heavy atom. The molecule has 1 saturated heterocycles. The van der Waals surface area contributed by atoms with Gasteiger partial charge < -0.3 is 4.90 Å². The number of hydrogen-bond acceptors (Lipinski definition) is 3. The van der Waals surface area contributed by atoms with Gasteiger partial charge in [0.15, 0.2) is 0 Å². The summed E-state index contributed by atoms with van der Waals surface area (Å²) in [6, 6.07) is 4.51. The second kappa shape index (κ2) is 5.97. The average molecular weight is 288 g/mol. The van der Waals surface area contributed by atoms with Crippen LogP contribution in [0.15, 0.2) is 11.4 Å². The summed E-state index contributed by atoms with van der Waals surface area (Å²) in [4.78, 5) is 15.8. The summed E-state index contributed by atoms with van der Waals surface area (Å²) in [5.41, 5.74) is 0.784. The lowest BCUT2D eigenvalue weighted by atomic mass is 9.78. The van der Waals surface area contributed by atoms with Crippen LogP contribution < -0.4 is 0 Å². The summed E-state index contributed by atoms with van der Waals surface area (Å²) in [6.07, 6.45) is 7.88. The highest BCUT2D eigenvalue weighted by atomic mass is 32.1. The molecule has 2 aliphatic rings. The molecule has 1 saturated carbocycles. The van der Waals surface area contributed by atoms with Crippen LogP contribution in [0.5, 0.6) is 0 Å². The molecule has 0 N–H and O–H groups in total. The first-order chi connectivity index (χ1) is 9.79. The monoisotopic (exact) mass is 288 g/mol. The summed E-state index contributed by atoms with van der Waals surface area (Å²) >= 11 is 1.53. The maximum Gasteiger partial charge on any atom is 0.254 e. The van der Waals surface area contributed by atoms with Gasteiger partial charge in [-0.2, -0.15) is 5.26 Å². The van der Waals surface area contributed by atoms with E-state index < -0.39 is 0 Å². The molecule has 1 aliphatic heterocycles. The fourth-order valence-electron chi connectivity index (χ4n) is 3.71. The first kappa shape index (κ1) is 13.6. The second-order valence-corrected chi connectivity index (χ2v) is 6.89. The molecular formula is C16H20N2OS. The molecule has 2 atom stereocenters. The quantitative estimate of drug-likeness (QED) is 0.834. The molecule has 3 rings (SSSR count). The van der Waals surface area contributed by atoms with Gasteiger partial charge in [-0.1, -0.05) is 12.8 Å². The number of nitrogens with zero attached hydrogens (tertiary/aromatic N) is 2. The van der Waals surface area contributed by atoms with Crippen molar-refractivity contribution in [2.75, 3.05) is 6.54 Å². The molecular weight excluding hydrogens is 268 g/mol. The van der Waals surface area contributed by atoms with Crippen LogP contribution in [-0.4, -0.2) is 23.4 Å². The Balaban J connectivity index is 1.76. The van der Waals surface area contributed by atoms with E-state index in [-0.39, 0.29) is 5.91 Å². The largest absolute Gasteiger partial charge is 0.335 e. The highest BCUT2D eigenvalue weighted by Crippen LogP contribution is 2.36. The number of thiophene rings is 1. The third kappa shape index (κ3) is 2.60. The van der Waals surface area contributed by atoms with E-state index in [0.717, 1.165) is 29.3 Å². The van der Waals surface area contributed by atoms with Crippen LogP contribution in [0.1, 0.15) is 53.8 Å². The van der Waals surface area contributed by atoms with E-state index in [1.165, 1.54) is 43.4 Å². The molecule has 0 spiro atoms. The lowest BCUT2D eigenvalue weighted by molar-refractivity contribution is 0.0391. The standard InChI is InChI=1S/C16H20N2OS/c17-8-7-14-10-13(11-20-14)16(19)18-9-3-5-12-4-1-2-6-15(12)18/h10-12,15H,1-7,9H2/t12-,15-/m0/s1. The van der Waals surface area contributed by atoms with E-state index >= 15 is 0 Å². The van der Waals surface area contributed by atoms with Crippen LogP contribution in [0.2, 0.25) is 0 Å². The number of nitriles is 1. The summed E-state index contributed by atoms with van der Waals surface area (Å²) in [5, 5.41) is 10.7. The summed E-state index contributed by atoms with van der Waals surface area (Å²) in [6.45, 7) is 0.906. The fraction of sp³-hybridized carbons (Fsp3) is 0.625. The first-order valence-corrected chi connectivity index (χ1v) is 8.43. The van der Waals surface area contributed by atoms with Crippen molar-refractivity contribution >= 4 is 17.2 Å². The van der Waals surface area contributed by atoms with Crippen molar-refractivity contribution in [3.05, 3.63) is 21.9 Å². The highest BCUT2D eigenvalue weighted by Gasteiger charge is 2.36. The molecule has 20 heavy (non-hydrogen) atoms.